The van der Waals surface area contributed by atoms with E-state index in [0.717, 1.165) is 0 Å². The number of aliphatic hydroxyl groups excluding tert-OH is 1. The minimum absolute atomic E-state index is 0.0720. The number of amides is 3. The van der Waals surface area contributed by atoms with Crippen LogP contribution in [0.3, 0.4) is 0 Å². The zero-order valence-electron chi connectivity index (χ0n) is 15.9. The predicted octanol–water partition coefficient (Wildman–Crippen LogP) is -0.596. The molecule has 2 unspecified atom stereocenters. The molecule has 2 bridgehead atoms. The Balaban J connectivity index is 2.03. The molecule has 26 heavy (non-hydrogen) atoms. The van der Waals surface area contributed by atoms with E-state index in [1.807, 2.05) is 20.8 Å². The molecule has 3 rings (SSSR count). The van der Waals surface area contributed by atoms with Crippen molar-refractivity contribution >= 4 is 17.7 Å². The molecule has 0 aliphatic carbocycles. The van der Waals surface area contributed by atoms with E-state index in [-0.39, 0.29) is 36.9 Å². The third-order valence-electron chi connectivity index (χ3n) is 6.04. The van der Waals surface area contributed by atoms with Crippen LogP contribution >= 0.6 is 0 Å². The quantitative estimate of drug-likeness (QED) is 0.581. The van der Waals surface area contributed by atoms with Gasteiger partial charge in [-0.1, -0.05) is 0 Å². The fourth-order valence-corrected chi connectivity index (χ4v) is 5.13. The fourth-order valence-electron chi connectivity index (χ4n) is 5.13. The number of likely N-dealkylation sites (tertiary alicyclic amines) is 1. The van der Waals surface area contributed by atoms with Gasteiger partial charge in [-0.05, 0) is 40.0 Å². The summed E-state index contributed by atoms with van der Waals surface area (Å²) in [5, 5.41) is 14.7. The van der Waals surface area contributed by atoms with E-state index in [2.05, 4.69) is 10.6 Å². The SMILES string of the molecule is CNC(=O)[C@H]1[C@H]2C(=O)N(CCCO)C(C(=O)NC(C)C)C23CC[C@]1(C)O3. The highest BCUT2D eigenvalue weighted by Gasteiger charge is 2.77. The first-order valence-electron chi connectivity index (χ1n) is 9.35. The number of rotatable bonds is 6. The van der Waals surface area contributed by atoms with Crippen LogP contribution in [0.4, 0.5) is 0 Å². The van der Waals surface area contributed by atoms with Crippen LogP contribution in [0.5, 0.6) is 0 Å². The molecule has 0 aromatic rings. The Kier molecular flexibility index (Phi) is 4.77. The Labute approximate surface area is 153 Å². The molecule has 0 saturated carbocycles. The van der Waals surface area contributed by atoms with E-state index in [1.165, 1.54) is 4.90 Å². The van der Waals surface area contributed by atoms with Crippen molar-refractivity contribution < 1.29 is 24.2 Å². The molecular weight excluding hydrogens is 338 g/mol. The Morgan fingerprint density at radius 2 is 2.04 bits per heavy atom. The van der Waals surface area contributed by atoms with Gasteiger partial charge < -0.3 is 25.4 Å². The number of nitrogens with one attached hydrogen (secondary N) is 2. The zero-order chi connectivity index (χ0) is 19.3. The van der Waals surface area contributed by atoms with Gasteiger partial charge in [0.2, 0.25) is 17.7 Å². The second kappa shape index (κ2) is 6.49. The van der Waals surface area contributed by atoms with Crippen LogP contribution < -0.4 is 10.6 Å². The summed E-state index contributed by atoms with van der Waals surface area (Å²) < 4.78 is 6.36. The highest BCUT2D eigenvalue weighted by Crippen LogP contribution is 2.63. The Morgan fingerprint density at radius 3 is 2.62 bits per heavy atom. The van der Waals surface area contributed by atoms with E-state index >= 15 is 0 Å². The topological polar surface area (TPSA) is 108 Å². The van der Waals surface area contributed by atoms with Crippen LogP contribution in [0.25, 0.3) is 0 Å². The van der Waals surface area contributed by atoms with Crippen LogP contribution in [-0.2, 0) is 19.1 Å². The molecule has 8 nitrogen and oxygen atoms in total. The van der Waals surface area contributed by atoms with E-state index in [0.29, 0.717) is 19.3 Å². The summed E-state index contributed by atoms with van der Waals surface area (Å²) in [4.78, 5) is 40.3. The number of hydrogen-bond acceptors (Lipinski definition) is 5. The zero-order valence-corrected chi connectivity index (χ0v) is 15.9. The fraction of sp³-hybridized carbons (Fsp3) is 0.833. The third-order valence-corrected chi connectivity index (χ3v) is 6.04. The lowest BCUT2D eigenvalue weighted by Gasteiger charge is -2.33. The highest BCUT2D eigenvalue weighted by molar-refractivity contribution is 5.99. The van der Waals surface area contributed by atoms with Crippen molar-refractivity contribution in [3.63, 3.8) is 0 Å². The minimum Gasteiger partial charge on any atom is -0.396 e. The first-order valence-corrected chi connectivity index (χ1v) is 9.35. The van der Waals surface area contributed by atoms with Crippen LogP contribution in [-0.4, -0.2) is 71.2 Å². The van der Waals surface area contributed by atoms with Crippen molar-refractivity contribution in [1.82, 2.24) is 15.5 Å². The first-order chi connectivity index (χ1) is 12.2. The largest absolute Gasteiger partial charge is 0.396 e. The summed E-state index contributed by atoms with van der Waals surface area (Å²) >= 11 is 0. The molecule has 3 aliphatic rings. The normalized spacial score (nSPS) is 38.0. The van der Waals surface area contributed by atoms with E-state index in [4.69, 9.17) is 4.74 Å². The Hall–Kier alpha value is -1.67. The lowest BCUT2D eigenvalue weighted by molar-refractivity contribution is -0.146. The van der Waals surface area contributed by atoms with Crippen LogP contribution in [0.15, 0.2) is 0 Å². The number of hydrogen-bond donors (Lipinski definition) is 3. The van der Waals surface area contributed by atoms with Crippen molar-refractivity contribution in [2.24, 2.45) is 11.8 Å². The van der Waals surface area contributed by atoms with Crippen molar-refractivity contribution in [3.05, 3.63) is 0 Å². The van der Waals surface area contributed by atoms with E-state index in [1.54, 1.807) is 7.05 Å². The molecule has 146 valence electrons. The molecular formula is C18H29N3O5. The molecule has 8 heteroatoms. The summed E-state index contributed by atoms with van der Waals surface area (Å²) in [5.74, 6) is -1.97. The minimum atomic E-state index is -0.975. The van der Waals surface area contributed by atoms with Crippen molar-refractivity contribution in [3.8, 4) is 0 Å². The molecule has 0 aromatic heterocycles. The summed E-state index contributed by atoms with van der Waals surface area (Å²) in [6, 6.07) is -0.845. The number of carbonyl (C=O) groups excluding carboxylic acids is 3. The van der Waals surface area contributed by atoms with Crippen LogP contribution in [0.1, 0.15) is 40.0 Å². The third kappa shape index (κ3) is 2.53. The smallest absolute Gasteiger partial charge is 0.246 e. The number of fused-ring (bicyclic) bond motifs is 1. The van der Waals surface area contributed by atoms with Gasteiger partial charge in [-0.15, -0.1) is 0 Å². The maximum Gasteiger partial charge on any atom is 0.246 e. The molecule has 0 aromatic carbocycles. The second-order valence-electron chi connectivity index (χ2n) is 8.11. The molecule has 3 heterocycles. The van der Waals surface area contributed by atoms with Gasteiger partial charge in [0.05, 0.1) is 17.4 Å². The van der Waals surface area contributed by atoms with Crippen molar-refractivity contribution in [2.45, 2.75) is 63.3 Å². The molecule has 1 spiro atoms. The second-order valence-corrected chi connectivity index (χ2v) is 8.11. The van der Waals surface area contributed by atoms with Gasteiger partial charge in [0.1, 0.15) is 11.6 Å². The maximum atomic E-state index is 13.3. The molecule has 0 radical (unpaired) electrons. The summed E-state index contributed by atoms with van der Waals surface area (Å²) in [7, 11) is 1.55. The van der Waals surface area contributed by atoms with Gasteiger partial charge in [-0.3, -0.25) is 14.4 Å². The molecule has 5 atom stereocenters. The van der Waals surface area contributed by atoms with Crippen LogP contribution in [0, 0.1) is 11.8 Å². The van der Waals surface area contributed by atoms with Gasteiger partial charge in [0.15, 0.2) is 0 Å². The number of carbonyl (C=O) groups is 3. The Bertz CT molecular complexity index is 624. The highest BCUT2D eigenvalue weighted by atomic mass is 16.5. The molecule has 3 aliphatic heterocycles. The van der Waals surface area contributed by atoms with Gasteiger partial charge in [-0.2, -0.15) is 0 Å². The summed E-state index contributed by atoms with van der Waals surface area (Å²) in [5.41, 5.74) is -1.71. The molecule has 3 fully saturated rings. The maximum absolute atomic E-state index is 13.3. The average molecular weight is 367 g/mol. The standard InChI is InChI=1S/C18H29N3O5/c1-10(2)20-15(24)13-18-7-6-17(3,26-18)11(14(23)19-4)12(18)16(25)21(13)8-5-9-22/h10-13,22H,5-9H2,1-4H3,(H,19,23)(H,20,24)/t11-,12+,13?,17+,18?/m1/s1. The van der Waals surface area contributed by atoms with Gasteiger partial charge in [0, 0.05) is 26.2 Å². The molecule has 3 saturated heterocycles. The summed E-state index contributed by atoms with van der Waals surface area (Å²) in [6.07, 6.45) is 1.58. The number of nitrogens with zero attached hydrogens (tertiary/aromatic N) is 1. The van der Waals surface area contributed by atoms with Crippen molar-refractivity contribution in [1.29, 1.82) is 0 Å². The monoisotopic (exact) mass is 367 g/mol. The Morgan fingerprint density at radius 1 is 1.35 bits per heavy atom. The lowest BCUT2D eigenvalue weighted by Crippen LogP contribution is -2.56. The average Bonchev–Trinajstić information content (AvgIpc) is 3.13. The number of aliphatic hydroxyl groups is 1. The first kappa shape index (κ1) is 19.1. The molecule has 3 N–H and O–H groups in total. The van der Waals surface area contributed by atoms with Gasteiger partial charge in [0.25, 0.3) is 0 Å². The van der Waals surface area contributed by atoms with E-state index in [9.17, 15) is 19.5 Å². The predicted molar refractivity (Wildman–Crippen MR) is 93.0 cm³/mol. The van der Waals surface area contributed by atoms with Gasteiger partial charge >= 0.3 is 0 Å². The van der Waals surface area contributed by atoms with Gasteiger partial charge in [-0.25, -0.2) is 0 Å². The van der Waals surface area contributed by atoms with E-state index < -0.39 is 29.1 Å². The molecule has 3 amide bonds. The van der Waals surface area contributed by atoms with Crippen LogP contribution in [0.2, 0.25) is 0 Å². The summed E-state index contributed by atoms with van der Waals surface area (Å²) in [6.45, 7) is 5.79. The number of ether oxygens (including phenoxy) is 1. The van der Waals surface area contributed by atoms with Crippen molar-refractivity contribution in [2.75, 3.05) is 20.2 Å². The lowest BCUT2D eigenvalue weighted by atomic mass is 9.66.